The highest BCUT2D eigenvalue weighted by Gasteiger charge is 2.31. The minimum absolute atomic E-state index is 0.140. The maximum absolute atomic E-state index is 12.7. The minimum Gasteiger partial charge on any atom is -0.352 e. The third kappa shape index (κ3) is 2.71. The number of imidazole rings is 1. The summed E-state index contributed by atoms with van der Waals surface area (Å²) in [6, 6.07) is 0. The lowest BCUT2D eigenvalue weighted by Gasteiger charge is -2.34. The van der Waals surface area contributed by atoms with Crippen molar-refractivity contribution in [2.24, 2.45) is 0 Å². The zero-order valence-corrected chi connectivity index (χ0v) is 15.7. The van der Waals surface area contributed by atoms with Crippen LogP contribution in [0.5, 0.6) is 0 Å². The Morgan fingerprint density at radius 1 is 1.07 bits per heavy atom. The number of aryl methyl sites for hydroxylation is 2. The first-order chi connectivity index (χ1) is 13.1. The Kier molecular flexibility index (Phi) is 3.90. The van der Waals surface area contributed by atoms with E-state index < -0.39 is 10.0 Å². The molecule has 142 valence electrons. The summed E-state index contributed by atoms with van der Waals surface area (Å²) < 4.78 is 28.8. The number of nitrogens with zero attached hydrogens (tertiary/aromatic N) is 6. The van der Waals surface area contributed by atoms with E-state index >= 15 is 0 Å². The lowest BCUT2D eigenvalue weighted by Crippen LogP contribution is -2.49. The molecule has 4 heterocycles. The fourth-order valence-corrected chi connectivity index (χ4v) is 5.36. The fourth-order valence-electron chi connectivity index (χ4n) is 4.04. The highest BCUT2D eigenvalue weighted by molar-refractivity contribution is 7.89. The molecule has 9 nitrogen and oxygen atoms in total. The summed E-state index contributed by atoms with van der Waals surface area (Å²) in [5.41, 5.74) is 3.56. The van der Waals surface area contributed by atoms with Crippen molar-refractivity contribution < 1.29 is 8.42 Å². The number of rotatable bonds is 3. The summed E-state index contributed by atoms with van der Waals surface area (Å²) in [7, 11) is -3.52. The number of fused-ring (bicyclic) bond motifs is 3. The van der Waals surface area contributed by atoms with E-state index in [1.807, 2.05) is 10.7 Å². The van der Waals surface area contributed by atoms with E-state index in [0.717, 1.165) is 24.2 Å². The maximum atomic E-state index is 12.7. The third-order valence-electron chi connectivity index (χ3n) is 5.43. The monoisotopic (exact) mass is 387 g/mol. The molecule has 0 amide bonds. The zero-order chi connectivity index (χ0) is 18.4. The summed E-state index contributed by atoms with van der Waals surface area (Å²) in [5, 5.41) is 4.87. The molecule has 3 aromatic heterocycles. The highest BCUT2D eigenvalue weighted by atomic mass is 32.2. The van der Waals surface area contributed by atoms with Gasteiger partial charge in [-0.3, -0.25) is 0 Å². The molecule has 0 unspecified atom stereocenters. The molecule has 1 saturated heterocycles. The summed E-state index contributed by atoms with van der Waals surface area (Å²) >= 11 is 0. The van der Waals surface area contributed by atoms with Gasteiger partial charge in [0.2, 0.25) is 0 Å². The van der Waals surface area contributed by atoms with Crippen LogP contribution in [0.1, 0.15) is 24.1 Å². The van der Waals surface area contributed by atoms with E-state index in [1.54, 1.807) is 6.20 Å². The fraction of sp³-hybridized carbons (Fsp3) is 0.471. The van der Waals surface area contributed by atoms with E-state index in [1.165, 1.54) is 40.9 Å². The third-order valence-corrected chi connectivity index (χ3v) is 7.25. The van der Waals surface area contributed by atoms with Crippen LogP contribution < -0.4 is 4.90 Å². The summed E-state index contributed by atoms with van der Waals surface area (Å²) in [6.07, 6.45) is 10.8. The molecule has 10 heteroatoms. The molecule has 0 atom stereocenters. The van der Waals surface area contributed by atoms with Crippen LogP contribution in [0.4, 0.5) is 5.82 Å². The second-order valence-corrected chi connectivity index (χ2v) is 8.89. The van der Waals surface area contributed by atoms with Crippen LogP contribution in [0.3, 0.4) is 0 Å². The first-order valence-electron chi connectivity index (χ1n) is 9.23. The Hall–Kier alpha value is -2.46. The molecule has 0 bridgehead atoms. The SMILES string of the molecule is O=S(=O)(c1cnc[nH]1)N1CCN(c2nccn3nc4c(c23)CCCC4)CC1. The van der Waals surface area contributed by atoms with Crippen molar-refractivity contribution in [3.63, 3.8) is 0 Å². The molecule has 0 spiro atoms. The molecule has 2 aliphatic rings. The van der Waals surface area contributed by atoms with Crippen molar-refractivity contribution in [3.05, 3.63) is 36.2 Å². The smallest absolute Gasteiger partial charge is 0.260 e. The van der Waals surface area contributed by atoms with Gasteiger partial charge >= 0.3 is 0 Å². The number of nitrogens with one attached hydrogen (secondary N) is 1. The Morgan fingerprint density at radius 2 is 1.89 bits per heavy atom. The maximum Gasteiger partial charge on any atom is 0.260 e. The molecule has 1 N–H and O–H groups in total. The van der Waals surface area contributed by atoms with Crippen molar-refractivity contribution in [3.8, 4) is 0 Å². The Morgan fingerprint density at radius 3 is 2.67 bits per heavy atom. The standard InChI is InChI=1S/C17H21N7O2S/c25-27(26,15-11-18-12-20-15)23-9-7-22(8-10-23)17-16-13-3-1-2-4-14(13)21-24(16)6-5-19-17/h5-6,11-12H,1-4,7-10H2,(H,18,20). The van der Waals surface area contributed by atoms with Crippen molar-refractivity contribution in [2.75, 3.05) is 31.1 Å². The first-order valence-corrected chi connectivity index (χ1v) is 10.7. The molecule has 5 rings (SSSR count). The number of hydrogen-bond donors (Lipinski definition) is 1. The van der Waals surface area contributed by atoms with E-state index in [2.05, 4.69) is 19.9 Å². The number of anilines is 1. The van der Waals surface area contributed by atoms with Gasteiger partial charge in [-0.1, -0.05) is 0 Å². The normalized spacial score (nSPS) is 18.7. The van der Waals surface area contributed by atoms with Crippen LogP contribution in [0.15, 0.2) is 29.9 Å². The molecule has 3 aromatic rings. The lowest BCUT2D eigenvalue weighted by atomic mass is 9.97. The molecular formula is C17H21N7O2S. The number of aromatic nitrogens is 5. The predicted molar refractivity (Wildman–Crippen MR) is 99.2 cm³/mol. The second kappa shape index (κ2) is 6.31. The number of sulfonamides is 1. The van der Waals surface area contributed by atoms with Gasteiger partial charge in [0.25, 0.3) is 10.0 Å². The van der Waals surface area contributed by atoms with Crippen LogP contribution in [0.25, 0.3) is 5.52 Å². The van der Waals surface area contributed by atoms with Crippen molar-refractivity contribution >= 4 is 21.4 Å². The van der Waals surface area contributed by atoms with Gasteiger partial charge < -0.3 is 9.88 Å². The Labute approximate surface area is 157 Å². The van der Waals surface area contributed by atoms with Gasteiger partial charge in [-0.05, 0) is 25.7 Å². The van der Waals surface area contributed by atoms with E-state index in [9.17, 15) is 8.42 Å². The van der Waals surface area contributed by atoms with Crippen molar-refractivity contribution in [1.29, 1.82) is 0 Å². The van der Waals surface area contributed by atoms with Gasteiger partial charge in [0.15, 0.2) is 10.8 Å². The van der Waals surface area contributed by atoms with Crippen LogP contribution >= 0.6 is 0 Å². The van der Waals surface area contributed by atoms with Crippen LogP contribution in [-0.2, 0) is 22.9 Å². The molecule has 27 heavy (non-hydrogen) atoms. The summed E-state index contributed by atoms with van der Waals surface area (Å²) in [5.74, 6) is 0.909. The lowest BCUT2D eigenvalue weighted by molar-refractivity contribution is 0.382. The molecule has 1 aliphatic heterocycles. The van der Waals surface area contributed by atoms with Crippen LogP contribution in [-0.4, -0.2) is 63.5 Å². The molecular weight excluding hydrogens is 366 g/mol. The van der Waals surface area contributed by atoms with E-state index in [4.69, 9.17) is 5.10 Å². The molecule has 0 radical (unpaired) electrons. The number of hydrogen-bond acceptors (Lipinski definition) is 6. The first kappa shape index (κ1) is 16.7. The largest absolute Gasteiger partial charge is 0.352 e. The number of H-pyrrole nitrogens is 1. The average Bonchev–Trinajstić information content (AvgIpc) is 3.36. The summed E-state index contributed by atoms with van der Waals surface area (Å²) in [4.78, 5) is 13.3. The van der Waals surface area contributed by atoms with Crippen molar-refractivity contribution in [2.45, 2.75) is 30.7 Å². The van der Waals surface area contributed by atoms with E-state index in [0.29, 0.717) is 26.2 Å². The van der Waals surface area contributed by atoms with Gasteiger partial charge in [-0.2, -0.15) is 9.40 Å². The molecule has 0 aromatic carbocycles. The number of piperazine rings is 1. The van der Waals surface area contributed by atoms with Crippen LogP contribution in [0, 0.1) is 0 Å². The predicted octanol–water partition coefficient (Wildman–Crippen LogP) is 0.842. The van der Waals surface area contributed by atoms with Gasteiger partial charge in [-0.15, -0.1) is 0 Å². The quantitative estimate of drug-likeness (QED) is 0.715. The van der Waals surface area contributed by atoms with Gasteiger partial charge in [0.1, 0.15) is 5.52 Å². The van der Waals surface area contributed by atoms with Crippen molar-refractivity contribution in [1.82, 2.24) is 28.9 Å². The highest BCUT2D eigenvalue weighted by Crippen LogP contribution is 2.30. The second-order valence-electron chi connectivity index (χ2n) is 6.98. The average molecular weight is 387 g/mol. The van der Waals surface area contributed by atoms with E-state index in [-0.39, 0.29) is 5.03 Å². The Bertz CT molecular complexity index is 1070. The van der Waals surface area contributed by atoms with Gasteiger partial charge in [0, 0.05) is 44.1 Å². The zero-order valence-electron chi connectivity index (χ0n) is 14.9. The Balaban J connectivity index is 1.42. The molecule has 1 fully saturated rings. The topological polar surface area (TPSA) is 99.5 Å². The minimum atomic E-state index is -3.52. The summed E-state index contributed by atoms with van der Waals surface area (Å²) in [6.45, 7) is 2.03. The van der Waals surface area contributed by atoms with Crippen LogP contribution in [0.2, 0.25) is 0 Å². The van der Waals surface area contributed by atoms with Gasteiger partial charge in [-0.25, -0.2) is 22.9 Å². The molecule has 0 saturated carbocycles. The van der Waals surface area contributed by atoms with Gasteiger partial charge in [0.05, 0.1) is 18.2 Å². The molecule has 1 aliphatic carbocycles. The number of aromatic amines is 1.